The Morgan fingerprint density at radius 3 is 1.75 bits per heavy atom. The third kappa shape index (κ3) is 7.29. The summed E-state index contributed by atoms with van der Waals surface area (Å²) < 4.78 is 23.3. The van der Waals surface area contributed by atoms with E-state index in [2.05, 4.69) is 0 Å². The first kappa shape index (κ1) is 36.8. The van der Waals surface area contributed by atoms with Crippen molar-refractivity contribution in [1.82, 2.24) is 9.80 Å². The predicted octanol–water partition coefficient (Wildman–Crippen LogP) is 8.04. The van der Waals surface area contributed by atoms with Gasteiger partial charge in [0.25, 0.3) is 11.8 Å². The van der Waals surface area contributed by atoms with Gasteiger partial charge in [-0.3, -0.25) is 19.6 Å². The number of unbranched alkanes of at least 4 members (excludes halogenated alkanes) is 2. The summed E-state index contributed by atoms with van der Waals surface area (Å²) >= 11 is 0. The monoisotopic (exact) mass is 751 g/mol. The van der Waals surface area contributed by atoms with Crippen molar-refractivity contribution in [3.05, 3.63) is 119 Å². The molecule has 0 saturated heterocycles. The van der Waals surface area contributed by atoms with E-state index in [4.69, 9.17) is 34.7 Å². The molecule has 0 saturated carbocycles. The highest BCUT2D eigenvalue weighted by molar-refractivity contribution is 6.06. The second-order valence-electron chi connectivity index (χ2n) is 14.4. The molecule has 56 heavy (non-hydrogen) atoms. The van der Waals surface area contributed by atoms with E-state index in [1.807, 2.05) is 92.4 Å². The van der Waals surface area contributed by atoms with E-state index in [0.717, 1.165) is 64.2 Å². The van der Waals surface area contributed by atoms with Gasteiger partial charge in [0.2, 0.25) is 0 Å². The number of rotatable bonds is 13. The SMILES string of the molecule is COc1ccc(C2=CN3C(=O)c4cc(C)c(OCCCCCOc5cc6c(cc5OC)C(=O)N5C=C(c7ccc(CN)cc7)C[C@H]5C=N6)cc4N=C[C@@H]3C2)cc1. The van der Waals surface area contributed by atoms with Gasteiger partial charge in [0.1, 0.15) is 11.5 Å². The second-order valence-corrected chi connectivity index (χ2v) is 14.4. The Morgan fingerprint density at radius 1 is 0.661 bits per heavy atom. The fourth-order valence-electron chi connectivity index (χ4n) is 7.56. The maximum atomic E-state index is 13.7. The lowest BCUT2D eigenvalue weighted by Crippen LogP contribution is -2.32. The highest BCUT2D eigenvalue weighted by Crippen LogP contribution is 2.41. The van der Waals surface area contributed by atoms with Crippen molar-refractivity contribution in [2.45, 2.75) is 57.7 Å². The van der Waals surface area contributed by atoms with Crippen LogP contribution in [-0.2, 0) is 6.54 Å². The molecule has 4 aromatic rings. The van der Waals surface area contributed by atoms with Crippen molar-refractivity contribution in [2.75, 3.05) is 27.4 Å². The van der Waals surface area contributed by atoms with Crippen LogP contribution in [0.3, 0.4) is 0 Å². The molecular weight excluding hydrogens is 707 g/mol. The van der Waals surface area contributed by atoms with Crippen LogP contribution in [-0.4, -0.2) is 73.6 Å². The molecule has 4 aliphatic rings. The number of carbonyl (C=O) groups is 2. The van der Waals surface area contributed by atoms with Crippen molar-refractivity contribution in [2.24, 2.45) is 15.7 Å². The van der Waals surface area contributed by atoms with Crippen LogP contribution in [0.2, 0.25) is 0 Å². The summed E-state index contributed by atoms with van der Waals surface area (Å²) in [6.45, 7) is 3.44. The van der Waals surface area contributed by atoms with E-state index in [1.54, 1.807) is 36.2 Å². The van der Waals surface area contributed by atoms with Gasteiger partial charge in [-0.2, -0.15) is 0 Å². The molecule has 0 radical (unpaired) electrons. The van der Waals surface area contributed by atoms with E-state index in [1.165, 1.54) is 0 Å². The van der Waals surface area contributed by atoms with Crippen molar-refractivity contribution in [3.63, 3.8) is 0 Å². The Balaban J connectivity index is 0.835. The molecule has 0 bridgehead atoms. The Labute approximate surface area is 326 Å². The van der Waals surface area contributed by atoms with Crippen LogP contribution in [0.15, 0.2) is 95.2 Å². The van der Waals surface area contributed by atoms with Gasteiger partial charge < -0.3 is 34.5 Å². The average Bonchev–Trinajstić information content (AvgIpc) is 3.81. The Morgan fingerprint density at radius 2 is 1.20 bits per heavy atom. The number of aryl methyl sites for hydroxylation is 1. The van der Waals surface area contributed by atoms with Gasteiger partial charge in [-0.1, -0.05) is 36.4 Å². The minimum absolute atomic E-state index is 0.0673. The number of nitrogens with zero attached hydrogens (tertiary/aromatic N) is 4. The van der Waals surface area contributed by atoms with E-state index >= 15 is 0 Å². The third-order valence-electron chi connectivity index (χ3n) is 10.8. The number of nitrogens with two attached hydrogens (primary N) is 1. The normalized spacial score (nSPS) is 18.0. The highest BCUT2D eigenvalue weighted by Gasteiger charge is 2.35. The molecule has 2 N–H and O–H groups in total. The molecule has 2 atom stereocenters. The van der Waals surface area contributed by atoms with Gasteiger partial charge in [0, 0.05) is 56.3 Å². The van der Waals surface area contributed by atoms with Crippen molar-refractivity contribution >= 4 is 46.8 Å². The fraction of sp³-hybridized carbons (Fsp3) is 0.289. The minimum Gasteiger partial charge on any atom is -0.497 e. The summed E-state index contributed by atoms with van der Waals surface area (Å²) in [7, 11) is 3.22. The zero-order chi connectivity index (χ0) is 38.8. The molecule has 0 aromatic heterocycles. The number of methoxy groups -OCH3 is 2. The van der Waals surface area contributed by atoms with Gasteiger partial charge in [0.15, 0.2) is 11.5 Å². The molecule has 2 amide bonds. The van der Waals surface area contributed by atoms with Crippen LogP contribution in [0.5, 0.6) is 23.0 Å². The number of fused-ring (bicyclic) bond motifs is 4. The van der Waals surface area contributed by atoms with Crippen molar-refractivity contribution < 1.29 is 28.5 Å². The number of carbonyl (C=O) groups excluding carboxylic acids is 2. The quantitative estimate of drug-likeness (QED) is 0.137. The van der Waals surface area contributed by atoms with E-state index in [0.29, 0.717) is 66.6 Å². The number of hydrogen-bond donors (Lipinski definition) is 1. The lowest BCUT2D eigenvalue weighted by atomic mass is 10.0. The van der Waals surface area contributed by atoms with Crippen LogP contribution in [0, 0.1) is 6.92 Å². The van der Waals surface area contributed by atoms with Crippen LogP contribution in [0.4, 0.5) is 11.4 Å². The molecular formula is C45H45N5O6. The maximum Gasteiger partial charge on any atom is 0.260 e. The molecule has 4 aliphatic heterocycles. The maximum absolute atomic E-state index is 13.7. The number of ether oxygens (including phenoxy) is 4. The lowest BCUT2D eigenvalue weighted by Gasteiger charge is -2.19. The van der Waals surface area contributed by atoms with Crippen LogP contribution < -0.4 is 24.7 Å². The minimum atomic E-state index is -0.170. The molecule has 0 spiro atoms. The molecule has 0 aliphatic carbocycles. The second kappa shape index (κ2) is 15.9. The highest BCUT2D eigenvalue weighted by atomic mass is 16.5. The fourth-order valence-corrected chi connectivity index (χ4v) is 7.56. The first-order valence-electron chi connectivity index (χ1n) is 19.0. The number of hydrogen-bond acceptors (Lipinski definition) is 9. The molecule has 0 fully saturated rings. The summed E-state index contributed by atoms with van der Waals surface area (Å²) in [4.78, 5) is 40.4. The van der Waals surface area contributed by atoms with Crippen LogP contribution >= 0.6 is 0 Å². The standard InChI is InChI=1S/C45H45N5O6/c1-28-17-37-39(47-24-34-19-33(27-49(34)44(37)51)31-11-13-36(53-2)14-12-31)21-41(28)55-15-5-4-6-16-56-43-22-40-38(20-42(43)54-3)45(52)50-26-32(18-35(50)25-48-40)30-9-7-29(23-46)8-10-30/h7-14,17,20-22,24-27,34-35H,4-6,15-16,18-19,23,46H2,1-3H3/t34-,35-/m0/s1. The molecule has 286 valence electrons. The van der Waals surface area contributed by atoms with E-state index in [-0.39, 0.29) is 23.9 Å². The summed E-state index contributed by atoms with van der Waals surface area (Å²) in [5.74, 6) is 2.37. The van der Waals surface area contributed by atoms with Gasteiger partial charge in [0.05, 0.1) is 62.0 Å². The lowest BCUT2D eigenvalue weighted by molar-refractivity contribution is 0.0809. The predicted molar refractivity (Wildman–Crippen MR) is 218 cm³/mol. The molecule has 4 heterocycles. The first-order valence-corrected chi connectivity index (χ1v) is 19.0. The zero-order valence-electron chi connectivity index (χ0n) is 31.9. The van der Waals surface area contributed by atoms with Gasteiger partial charge in [-0.15, -0.1) is 0 Å². The van der Waals surface area contributed by atoms with Gasteiger partial charge in [-0.25, -0.2) is 0 Å². The van der Waals surface area contributed by atoms with Crippen LogP contribution in [0.1, 0.15) is 75.1 Å². The summed E-state index contributed by atoms with van der Waals surface area (Å²) in [6, 6.07) is 23.0. The van der Waals surface area contributed by atoms with Gasteiger partial charge in [-0.05, 0) is 83.9 Å². The number of aliphatic imine (C=N–C) groups is 2. The smallest absolute Gasteiger partial charge is 0.260 e. The number of benzene rings is 4. The zero-order valence-corrected chi connectivity index (χ0v) is 31.9. The Kier molecular flexibility index (Phi) is 10.4. The largest absolute Gasteiger partial charge is 0.497 e. The van der Waals surface area contributed by atoms with Crippen molar-refractivity contribution in [3.8, 4) is 23.0 Å². The van der Waals surface area contributed by atoms with E-state index in [9.17, 15) is 9.59 Å². The van der Waals surface area contributed by atoms with E-state index < -0.39 is 0 Å². The molecule has 0 unspecified atom stereocenters. The Bertz CT molecular complexity index is 2280. The summed E-state index contributed by atoms with van der Waals surface area (Å²) in [6.07, 6.45) is 11.4. The topological polar surface area (TPSA) is 128 Å². The molecule has 4 aromatic carbocycles. The first-order chi connectivity index (χ1) is 27.3. The summed E-state index contributed by atoms with van der Waals surface area (Å²) in [5, 5.41) is 0. The molecule has 11 heteroatoms. The molecule has 8 rings (SSSR count). The Hall–Kier alpha value is -6.20. The third-order valence-corrected chi connectivity index (χ3v) is 10.8. The number of amides is 2. The van der Waals surface area contributed by atoms with Crippen molar-refractivity contribution in [1.29, 1.82) is 0 Å². The average molecular weight is 752 g/mol. The summed E-state index contributed by atoms with van der Waals surface area (Å²) in [5.41, 5.74) is 14.2. The molecule has 11 nitrogen and oxygen atoms in total. The van der Waals surface area contributed by atoms with Crippen LogP contribution in [0.25, 0.3) is 11.1 Å². The van der Waals surface area contributed by atoms with Gasteiger partial charge >= 0.3 is 0 Å².